The molecule has 3 nitrogen and oxygen atoms in total. The molecule has 0 N–H and O–H groups in total. The Kier molecular flexibility index (Phi) is 3.11. The molecule has 0 fully saturated rings. The summed E-state index contributed by atoms with van der Waals surface area (Å²) in [4.78, 5) is 9.41. The molecule has 0 saturated carbocycles. The lowest BCUT2D eigenvalue weighted by Gasteiger charge is -2.08. The summed E-state index contributed by atoms with van der Waals surface area (Å²) in [6.07, 6.45) is -4.68. The topological polar surface area (TPSA) is 43.1 Å². The number of hydrogen-bond donors (Lipinski definition) is 0. The molecular formula is C7H2Cl2F3NO2. The van der Waals surface area contributed by atoms with Crippen molar-refractivity contribution in [2.75, 3.05) is 0 Å². The zero-order valence-corrected chi connectivity index (χ0v) is 8.32. The monoisotopic (exact) mass is 259 g/mol. The summed E-state index contributed by atoms with van der Waals surface area (Å²) < 4.78 is 36.7. The van der Waals surface area contributed by atoms with E-state index in [1.165, 1.54) is 0 Å². The van der Waals surface area contributed by atoms with Gasteiger partial charge in [-0.1, -0.05) is 23.2 Å². The van der Waals surface area contributed by atoms with E-state index in [9.17, 15) is 23.3 Å². The fourth-order valence-electron chi connectivity index (χ4n) is 0.893. The minimum atomic E-state index is -4.68. The summed E-state index contributed by atoms with van der Waals surface area (Å²) in [7, 11) is 0. The van der Waals surface area contributed by atoms with E-state index in [2.05, 4.69) is 0 Å². The highest BCUT2D eigenvalue weighted by Gasteiger charge is 2.35. The van der Waals surface area contributed by atoms with Gasteiger partial charge in [0.05, 0.1) is 15.5 Å². The van der Waals surface area contributed by atoms with Gasteiger partial charge in [0, 0.05) is 6.07 Å². The standard InChI is InChI=1S/C7H2Cl2F3NO2/c8-4-2-6(13(14)15)5(9)1-3(4)7(10,11)12/h1-2H. The van der Waals surface area contributed by atoms with E-state index >= 15 is 0 Å². The average Bonchev–Trinajstić information content (AvgIpc) is 2.06. The molecular weight excluding hydrogens is 258 g/mol. The molecule has 0 aliphatic carbocycles. The molecule has 0 spiro atoms. The molecule has 0 aliphatic heterocycles. The van der Waals surface area contributed by atoms with E-state index < -0.39 is 32.4 Å². The van der Waals surface area contributed by atoms with Crippen molar-refractivity contribution in [3.8, 4) is 0 Å². The zero-order valence-electron chi connectivity index (χ0n) is 6.81. The van der Waals surface area contributed by atoms with Crippen molar-refractivity contribution in [2.45, 2.75) is 6.18 Å². The van der Waals surface area contributed by atoms with Crippen molar-refractivity contribution in [1.29, 1.82) is 0 Å². The molecule has 1 rings (SSSR count). The second-order valence-electron chi connectivity index (χ2n) is 2.54. The van der Waals surface area contributed by atoms with Gasteiger partial charge < -0.3 is 0 Å². The molecule has 1 aromatic carbocycles. The highest BCUT2D eigenvalue weighted by Crippen LogP contribution is 2.39. The molecule has 15 heavy (non-hydrogen) atoms. The summed E-state index contributed by atoms with van der Waals surface area (Å²) in [6, 6.07) is 1.01. The van der Waals surface area contributed by atoms with Crippen molar-refractivity contribution in [3.63, 3.8) is 0 Å². The lowest BCUT2D eigenvalue weighted by molar-refractivity contribution is -0.384. The van der Waals surface area contributed by atoms with Gasteiger partial charge in [0.1, 0.15) is 5.02 Å². The van der Waals surface area contributed by atoms with Crippen LogP contribution >= 0.6 is 23.2 Å². The molecule has 0 bridgehead atoms. The molecule has 0 aromatic heterocycles. The van der Waals surface area contributed by atoms with Crippen molar-refractivity contribution in [3.05, 3.63) is 37.9 Å². The Morgan fingerprint density at radius 1 is 1.20 bits per heavy atom. The molecule has 0 radical (unpaired) electrons. The van der Waals surface area contributed by atoms with Crippen LogP contribution in [-0.4, -0.2) is 4.92 Å². The second kappa shape index (κ2) is 3.86. The third-order valence-corrected chi connectivity index (χ3v) is 2.15. The predicted molar refractivity (Wildman–Crippen MR) is 48.1 cm³/mol. The van der Waals surface area contributed by atoms with Gasteiger partial charge in [-0.3, -0.25) is 10.1 Å². The molecule has 0 heterocycles. The molecule has 82 valence electrons. The molecule has 0 amide bonds. The van der Waals surface area contributed by atoms with Crippen molar-refractivity contribution < 1.29 is 18.1 Å². The fourth-order valence-corrected chi connectivity index (χ4v) is 1.39. The lowest BCUT2D eigenvalue weighted by atomic mass is 10.2. The number of nitro groups is 1. The van der Waals surface area contributed by atoms with Crippen LogP contribution in [0.15, 0.2) is 12.1 Å². The molecule has 0 aliphatic rings. The van der Waals surface area contributed by atoms with Crippen LogP contribution in [0, 0.1) is 10.1 Å². The first kappa shape index (κ1) is 12.1. The lowest BCUT2D eigenvalue weighted by Crippen LogP contribution is -2.06. The summed E-state index contributed by atoms with van der Waals surface area (Å²) in [5.74, 6) is 0. The van der Waals surface area contributed by atoms with Crippen LogP contribution in [0.25, 0.3) is 0 Å². The quantitative estimate of drug-likeness (QED) is 0.567. The van der Waals surface area contributed by atoms with Gasteiger partial charge in [0.25, 0.3) is 5.69 Å². The van der Waals surface area contributed by atoms with Crippen LogP contribution in [0.1, 0.15) is 5.56 Å². The molecule has 0 atom stereocenters. The van der Waals surface area contributed by atoms with Crippen LogP contribution in [0.4, 0.5) is 18.9 Å². The van der Waals surface area contributed by atoms with Crippen LogP contribution < -0.4 is 0 Å². The van der Waals surface area contributed by atoms with Gasteiger partial charge in [-0.25, -0.2) is 0 Å². The number of hydrogen-bond acceptors (Lipinski definition) is 2. The molecule has 0 saturated heterocycles. The SMILES string of the molecule is O=[N+]([O-])c1cc(Cl)c(C(F)(F)F)cc1Cl. The Balaban J connectivity index is 3.39. The van der Waals surface area contributed by atoms with Crippen LogP contribution in [-0.2, 0) is 6.18 Å². The average molecular weight is 260 g/mol. The van der Waals surface area contributed by atoms with Gasteiger partial charge in [0.2, 0.25) is 0 Å². The Bertz CT molecular complexity index is 419. The van der Waals surface area contributed by atoms with Gasteiger partial charge in [-0.2, -0.15) is 13.2 Å². The van der Waals surface area contributed by atoms with Gasteiger partial charge >= 0.3 is 6.18 Å². The van der Waals surface area contributed by atoms with Gasteiger partial charge in [0.15, 0.2) is 0 Å². The van der Waals surface area contributed by atoms with Crippen LogP contribution in [0.5, 0.6) is 0 Å². The number of benzene rings is 1. The third-order valence-electron chi connectivity index (χ3n) is 1.54. The van der Waals surface area contributed by atoms with Crippen LogP contribution in [0.2, 0.25) is 10.0 Å². The van der Waals surface area contributed by atoms with Gasteiger partial charge in [-0.05, 0) is 6.07 Å². The van der Waals surface area contributed by atoms with E-state index in [0.717, 1.165) is 0 Å². The van der Waals surface area contributed by atoms with Gasteiger partial charge in [-0.15, -0.1) is 0 Å². The van der Waals surface area contributed by atoms with E-state index in [-0.39, 0.29) is 0 Å². The number of nitrogens with zero attached hydrogens (tertiary/aromatic N) is 1. The minimum Gasteiger partial charge on any atom is -0.258 e. The Labute approximate surface area is 91.6 Å². The highest BCUT2D eigenvalue weighted by atomic mass is 35.5. The van der Waals surface area contributed by atoms with Crippen LogP contribution in [0.3, 0.4) is 0 Å². The maximum Gasteiger partial charge on any atom is 0.417 e. The van der Waals surface area contributed by atoms with E-state index in [4.69, 9.17) is 23.2 Å². The largest absolute Gasteiger partial charge is 0.417 e. The number of rotatable bonds is 1. The van der Waals surface area contributed by atoms with E-state index in [1.54, 1.807) is 0 Å². The molecule has 1 aromatic rings. The van der Waals surface area contributed by atoms with Crippen molar-refractivity contribution in [1.82, 2.24) is 0 Å². The maximum absolute atomic E-state index is 12.2. The summed E-state index contributed by atoms with van der Waals surface area (Å²) >= 11 is 10.5. The third kappa shape index (κ3) is 2.51. The summed E-state index contributed by atoms with van der Waals surface area (Å²) in [6.45, 7) is 0. The molecule has 0 unspecified atom stereocenters. The Hall–Kier alpha value is -1.01. The number of halogens is 5. The van der Waals surface area contributed by atoms with E-state index in [0.29, 0.717) is 12.1 Å². The minimum absolute atomic E-state index is 0.433. The first-order valence-corrected chi connectivity index (χ1v) is 4.19. The summed E-state index contributed by atoms with van der Waals surface area (Å²) in [5.41, 5.74) is -1.85. The highest BCUT2D eigenvalue weighted by molar-refractivity contribution is 6.35. The number of alkyl halides is 3. The maximum atomic E-state index is 12.2. The Morgan fingerprint density at radius 3 is 2.13 bits per heavy atom. The first-order chi connectivity index (χ1) is 6.73. The smallest absolute Gasteiger partial charge is 0.258 e. The first-order valence-electron chi connectivity index (χ1n) is 3.44. The zero-order chi connectivity index (χ0) is 11.8. The summed E-state index contributed by atoms with van der Waals surface area (Å²) in [5, 5.41) is 8.96. The molecule has 8 heteroatoms. The second-order valence-corrected chi connectivity index (χ2v) is 3.35. The normalized spacial score (nSPS) is 11.5. The predicted octanol–water partition coefficient (Wildman–Crippen LogP) is 3.92. The van der Waals surface area contributed by atoms with E-state index in [1.807, 2.05) is 0 Å². The van der Waals surface area contributed by atoms with Crippen molar-refractivity contribution in [2.24, 2.45) is 0 Å². The van der Waals surface area contributed by atoms with Crippen molar-refractivity contribution >= 4 is 28.9 Å². The fraction of sp³-hybridized carbons (Fsp3) is 0.143. The number of nitro benzene ring substituents is 1. The Morgan fingerprint density at radius 2 is 1.73 bits per heavy atom.